The molecule has 0 spiro atoms. The SMILES string of the molecule is CC1(C)OB(c2ccn[nH]2)OC1(C)C.Cn1c(=O)c(Nc2ccc(C3(F)COC3)cn2)cc2c(F)c(-c3ccn[nH]3)ccc21.Cn1c(=O)c(Nc2ccc(C3(F)COC3)cn2)cc2c(F)c(Br)ccc21.Cn1c(=O)c(Nc2ccc(C3(O)COC3)cn2)cc2c(F)c(Br)ccc21. The zero-order valence-corrected chi connectivity index (χ0v) is 55.6. The Bertz CT molecular complexity index is 4730. The first-order chi connectivity index (χ1) is 45.7. The molecule has 4 aliphatic rings. The molecular weight excluding hydrogens is 1380 g/mol. The van der Waals surface area contributed by atoms with Crippen molar-refractivity contribution in [1.82, 2.24) is 49.0 Å². The highest BCUT2D eigenvalue weighted by molar-refractivity contribution is 9.10. The Morgan fingerprint density at radius 3 is 1.24 bits per heavy atom. The van der Waals surface area contributed by atoms with Crippen molar-refractivity contribution in [3.8, 4) is 11.3 Å². The molecule has 4 fully saturated rings. The zero-order chi connectivity index (χ0) is 68.2. The van der Waals surface area contributed by atoms with Crippen LogP contribution in [0, 0.1) is 17.5 Å². The van der Waals surface area contributed by atoms with E-state index in [4.69, 9.17) is 23.5 Å². The number of hydrogen-bond donors (Lipinski definition) is 6. The summed E-state index contributed by atoms with van der Waals surface area (Å²) in [4.78, 5) is 50.4. The van der Waals surface area contributed by atoms with Crippen LogP contribution in [0.15, 0.2) is 157 Å². The number of fused-ring (bicyclic) bond motifs is 3. The van der Waals surface area contributed by atoms with E-state index in [0.29, 0.717) is 81.7 Å². The van der Waals surface area contributed by atoms with Gasteiger partial charge in [-0.2, -0.15) is 10.2 Å². The standard InChI is InChI=1S/C21H17F2N5O2.C18H14BrF2N3O2.C18H15BrFN3O3.C9H15BN2O2/c1-28-17-4-3-13(15-6-7-25-27-15)19(22)14(17)8-16(20(28)29)26-18-5-2-12(9-24-18)21(23)10-30-11-21;1-24-14-4-3-12(19)16(20)11(14)6-13(17(24)25)23-15-5-2-10(7-22-15)18(21)8-26-9-18;1-23-14-4-3-12(19)16(20)11(14)6-13(17(23)24)22-15-5-2-10(7-21-15)18(25)8-26-9-18;1-8(2)9(3,4)14-10(13-8)7-5-6-11-12-7/h2-9H,10-11H2,1H3,(H,24,26)(H,25,27);2-7H,8-9H2,1H3,(H,22,23);2-7,25H,8-9H2,1H3,(H,21,22);5-6H,1-4H3,(H,11,12). The third kappa shape index (κ3) is 13.0. The van der Waals surface area contributed by atoms with E-state index in [-0.39, 0.29) is 97.1 Å². The number of H-pyrrole nitrogens is 2. The molecule has 3 aromatic carbocycles. The van der Waals surface area contributed by atoms with E-state index in [1.807, 2.05) is 33.8 Å². The first-order valence-electron chi connectivity index (χ1n) is 29.8. The number of aryl methyl sites for hydroxylation is 3. The Hall–Kier alpha value is -9.01. The van der Waals surface area contributed by atoms with Crippen molar-refractivity contribution >= 4 is 112 Å². The predicted molar refractivity (Wildman–Crippen MR) is 359 cm³/mol. The molecule has 0 aliphatic carbocycles. The minimum absolute atomic E-state index is 0.00458. The number of aliphatic hydroxyl groups is 1. The number of hydrogen-bond acceptors (Lipinski definition) is 17. The van der Waals surface area contributed by atoms with Crippen LogP contribution in [-0.4, -0.2) is 112 Å². The molecule has 4 aliphatic heterocycles. The van der Waals surface area contributed by atoms with Crippen molar-refractivity contribution in [1.29, 1.82) is 0 Å². The molecule has 0 atom stereocenters. The van der Waals surface area contributed by atoms with E-state index >= 15 is 4.39 Å². The van der Waals surface area contributed by atoms with Crippen molar-refractivity contribution in [3.63, 3.8) is 0 Å². The molecule has 11 aromatic rings. The lowest BCUT2D eigenvalue weighted by Crippen LogP contribution is -2.46. The average molecular weight is 1450 g/mol. The minimum atomic E-state index is -1.52. The van der Waals surface area contributed by atoms with E-state index < -0.39 is 34.4 Å². The fourth-order valence-corrected chi connectivity index (χ4v) is 11.4. The second-order valence-corrected chi connectivity index (χ2v) is 26.1. The first-order valence-corrected chi connectivity index (χ1v) is 31.4. The largest absolute Gasteiger partial charge is 0.513 e. The van der Waals surface area contributed by atoms with E-state index in [9.17, 15) is 37.1 Å². The van der Waals surface area contributed by atoms with Crippen LogP contribution < -0.4 is 38.2 Å². The molecule has 0 saturated carbocycles. The summed E-state index contributed by atoms with van der Waals surface area (Å²) in [5.41, 5.74) is -0.316. The fourth-order valence-electron chi connectivity index (χ4n) is 10.7. The number of aromatic amines is 2. The van der Waals surface area contributed by atoms with Crippen LogP contribution in [-0.2, 0) is 61.6 Å². The highest BCUT2D eigenvalue weighted by Gasteiger charge is 2.52. The number of rotatable bonds is 11. The number of nitrogens with one attached hydrogen (secondary N) is 5. The van der Waals surface area contributed by atoms with Gasteiger partial charge in [-0.15, -0.1) is 0 Å². The van der Waals surface area contributed by atoms with Crippen LogP contribution in [0.3, 0.4) is 0 Å². The molecular formula is C66H61BBr2F5N13O9. The number of pyridine rings is 6. The van der Waals surface area contributed by atoms with Crippen LogP contribution in [0.25, 0.3) is 44.0 Å². The second kappa shape index (κ2) is 26.2. The summed E-state index contributed by atoms with van der Waals surface area (Å²) in [5, 5.41) is 33.2. The summed E-state index contributed by atoms with van der Waals surface area (Å²) in [6.45, 7) is 8.64. The number of aromatic nitrogens is 10. The molecule has 15 rings (SSSR count). The Balaban J connectivity index is 0.000000126. The van der Waals surface area contributed by atoms with Gasteiger partial charge in [-0.25, -0.2) is 36.9 Å². The van der Waals surface area contributed by atoms with Gasteiger partial charge in [0, 0.05) is 90.5 Å². The monoisotopic (exact) mass is 1440 g/mol. The van der Waals surface area contributed by atoms with Crippen molar-refractivity contribution in [2.75, 3.05) is 55.6 Å². The molecule has 0 unspecified atom stereocenters. The number of nitrogens with zero attached hydrogens (tertiary/aromatic N) is 8. The van der Waals surface area contributed by atoms with Crippen molar-refractivity contribution in [3.05, 3.63) is 208 Å². The highest BCUT2D eigenvalue weighted by atomic mass is 79.9. The summed E-state index contributed by atoms with van der Waals surface area (Å²) in [5.74, 6) is -0.216. The van der Waals surface area contributed by atoms with Gasteiger partial charge < -0.3 is 58.3 Å². The van der Waals surface area contributed by atoms with E-state index in [2.05, 4.69) is 83.2 Å². The fraction of sp³-hybridized carbons (Fsp3) is 0.273. The maximum Gasteiger partial charge on any atom is 0.513 e. The third-order valence-corrected chi connectivity index (χ3v) is 18.6. The summed E-state index contributed by atoms with van der Waals surface area (Å²) >= 11 is 6.31. The van der Waals surface area contributed by atoms with Crippen LogP contribution in [0.1, 0.15) is 44.4 Å². The van der Waals surface area contributed by atoms with E-state index in [1.165, 1.54) is 50.5 Å². The molecule has 0 radical (unpaired) electrons. The summed E-state index contributed by atoms with van der Waals surface area (Å²) in [6, 6.07) is 27.4. The number of halogens is 7. The van der Waals surface area contributed by atoms with Crippen LogP contribution >= 0.6 is 31.9 Å². The molecule has 0 amide bonds. The Labute approximate surface area is 560 Å². The summed E-state index contributed by atoms with van der Waals surface area (Å²) in [7, 11) is 4.41. The maximum atomic E-state index is 15.2. The smallest absolute Gasteiger partial charge is 0.398 e. The first kappa shape index (κ1) is 67.0. The molecule has 4 saturated heterocycles. The van der Waals surface area contributed by atoms with E-state index in [1.54, 1.807) is 112 Å². The van der Waals surface area contributed by atoms with Crippen LogP contribution in [0.4, 0.5) is 56.5 Å². The van der Waals surface area contributed by atoms with Crippen molar-refractivity contribution in [2.45, 2.75) is 55.8 Å². The molecule has 8 aromatic heterocycles. The quantitative estimate of drug-likeness (QED) is 0.0519. The van der Waals surface area contributed by atoms with Gasteiger partial charge >= 0.3 is 7.12 Å². The van der Waals surface area contributed by atoms with Gasteiger partial charge in [-0.05, 0) is 144 Å². The Morgan fingerprint density at radius 2 is 0.896 bits per heavy atom. The van der Waals surface area contributed by atoms with Crippen molar-refractivity contribution < 1.29 is 50.6 Å². The number of anilines is 6. The van der Waals surface area contributed by atoms with Crippen LogP contribution in [0.2, 0.25) is 0 Å². The Morgan fingerprint density at radius 1 is 0.510 bits per heavy atom. The van der Waals surface area contributed by atoms with Gasteiger partial charge in [0.15, 0.2) is 11.3 Å². The number of alkyl halides is 2. The van der Waals surface area contributed by atoms with Gasteiger partial charge in [0.25, 0.3) is 16.7 Å². The molecule has 0 bridgehead atoms. The normalized spacial score (nSPS) is 16.8. The molecule has 6 N–H and O–H groups in total. The lowest BCUT2D eigenvalue weighted by Gasteiger charge is -2.36. The van der Waals surface area contributed by atoms with Gasteiger partial charge in [0.05, 0.1) is 87.6 Å². The summed E-state index contributed by atoms with van der Waals surface area (Å²) in [6.07, 6.45) is 7.59. The third-order valence-electron chi connectivity index (χ3n) is 17.4. The molecule has 496 valence electrons. The zero-order valence-electron chi connectivity index (χ0n) is 52.5. The van der Waals surface area contributed by atoms with Gasteiger partial charge in [-0.3, -0.25) is 24.6 Å². The lowest BCUT2D eigenvalue weighted by molar-refractivity contribution is -0.184. The predicted octanol–water partition coefficient (Wildman–Crippen LogP) is 10.7. The number of benzene rings is 3. The topological polar surface area (TPSA) is 264 Å². The Kier molecular flexibility index (Phi) is 18.3. The van der Waals surface area contributed by atoms with Gasteiger partial charge in [0.1, 0.15) is 57.6 Å². The minimum Gasteiger partial charge on any atom is -0.398 e. The van der Waals surface area contributed by atoms with E-state index in [0.717, 1.165) is 5.59 Å². The highest BCUT2D eigenvalue weighted by Crippen LogP contribution is 2.39. The van der Waals surface area contributed by atoms with Gasteiger partial charge in [-0.1, -0.05) is 18.2 Å². The molecule has 22 nitrogen and oxygen atoms in total. The second-order valence-electron chi connectivity index (χ2n) is 24.4. The number of ether oxygens (including phenoxy) is 3. The summed E-state index contributed by atoms with van der Waals surface area (Å²) < 4.78 is 104. The van der Waals surface area contributed by atoms with Crippen LogP contribution in [0.5, 0.6) is 0 Å². The van der Waals surface area contributed by atoms with Crippen molar-refractivity contribution in [2.24, 2.45) is 21.1 Å². The lowest BCUT2D eigenvalue weighted by atomic mass is 9.85. The molecule has 30 heteroatoms. The van der Waals surface area contributed by atoms with Gasteiger partial charge in [0.2, 0.25) is 0 Å². The maximum absolute atomic E-state index is 15.2. The average Bonchev–Trinajstić information content (AvgIpc) is 1.01. The molecule has 12 heterocycles. The molecule has 96 heavy (non-hydrogen) atoms.